The second-order valence-corrected chi connectivity index (χ2v) is 31.2. The molecule has 2 heterocycles. The molecule has 1 saturated heterocycles. The van der Waals surface area contributed by atoms with Crippen LogP contribution in [0.15, 0.2) is 109 Å². The molecule has 0 unspecified atom stereocenters. The summed E-state index contributed by atoms with van der Waals surface area (Å²) in [6, 6.07) is 5.19. The molecule has 38 nitrogen and oxygen atoms in total. The predicted octanol–water partition coefficient (Wildman–Crippen LogP) is -0.952. The van der Waals surface area contributed by atoms with Crippen molar-refractivity contribution in [2.75, 3.05) is 56.5 Å². The number of aliphatic carboxylic acids is 3. The van der Waals surface area contributed by atoms with Gasteiger partial charge in [0.15, 0.2) is 0 Å². The highest BCUT2D eigenvalue weighted by Gasteiger charge is 2.38. The minimum Gasteiger partial charge on any atom is -0.508 e. The number of ether oxygens (including phenoxy) is 2. The average molecular weight is 1700 g/mol. The van der Waals surface area contributed by atoms with Crippen molar-refractivity contribution in [1.82, 2.24) is 78.8 Å². The number of hydrogen-bond donors (Lipinski definition) is 18. The minimum atomic E-state index is -2.52. The molecule has 18 N–H and O–H groups in total. The Kier molecular flexibility index (Phi) is 40.0. The molecular weight excluding hydrogens is 1600 g/mol. The molecule has 0 bridgehead atoms. The molecule has 0 radical (unpaired) electrons. The van der Waals surface area contributed by atoms with Gasteiger partial charge in [0.2, 0.25) is 71.0 Å². The Morgan fingerprint density at radius 3 is 1.73 bits per heavy atom. The first-order chi connectivity index (χ1) is 56.3. The van der Waals surface area contributed by atoms with Gasteiger partial charge in [-0.2, -0.15) is 11.8 Å². The number of aromatic hydroxyl groups is 3. The molecule has 5 aromatic rings. The zero-order valence-electron chi connectivity index (χ0n) is 65.4. The lowest BCUT2D eigenvalue weighted by atomic mass is 10.0. The molecule has 0 saturated carbocycles. The molecule has 1 aliphatic heterocycles. The topological polar surface area (TPSA) is 571 Å². The lowest BCUT2D eigenvalue weighted by Gasteiger charge is -2.28. The minimum absolute atomic E-state index is 0.146. The van der Waals surface area contributed by atoms with Crippen LogP contribution in [0, 0.1) is 5.92 Å². The van der Waals surface area contributed by atoms with Gasteiger partial charge < -0.3 is 104 Å². The first kappa shape index (κ1) is 95.3. The van der Waals surface area contributed by atoms with Crippen molar-refractivity contribution in [2.45, 2.75) is 165 Å². The predicted molar refractivity (Wildman–Crippen MR) is 431 cm³/mol. The summed E-state index contributed by atoms with van der Waals surface area (Å²) in [5.74, 6) is -20.5. The van der Waals surface area contributed by atoms with Crippen LogP contribution in [0.25, 0.3) is 0 Å². The second-order valence-electron chi connectivity index (χ2n) is 27.7. The van der Waals surface area contributed by atoms with E-state index < -0.39 is 192 Å². The van der Waals surface area contributed by atoms with Gasteiger partial charge in [-0.05, 0) is 109 Å². The maximum Gasteiger partial charge on any atom is 0.336 e. The second kappa shape index (κ2) is 49.5. The summed E-state index contributed by atoms with van der Waals surface area (Å²) in [5.41, 5.74) is 2.04. The quantitative estimate of drug-likeness (QED) is 0.0128. The van der Waals surface area contributed by atoms with E-state index >= 15 is 4.79 Å². The van der Waals surface area contributed by atoms with Gasteiger partial charge >= 0.3 is 17.9 Å². The van der Waals surface area contributed by atoms with E-state index in [0.29, 0.717) is 66.2 Å². The third-order valence-corrected chi connectivity index (χ3v) is 20.9. The number of nitrogens with zero attached hydrogens (tertiary/aromatic N) is 3. The van der Waals surface area contributed by atoms with Gasteiger partial charge in [0.05, 0.1) is 45.0 Å². The third kappa shape index (κ3) is 33.6. The van der Waals surface area contributed by atoms with Crippen LogP contribution in [0.4, 0.5) is 0 Å². The number of nitrogens with one attached hydrogen (secondary N) is 12. The molecule has 1 fully saturated rings. The van der Waals surface area contributed by atoms with Gasteiger partial charge in [0.25, 0.3) is 5.91 Å². The van der Waals surface area contributed by atoms with Crippen LogP contribution in [-0.2, 0) is 120 Å². The Morgan fingerprint density at radius 2 is 1.14 bits per heavy atom. The van der Waals surface area contributed by atoms with Crippen LogP contribution < -0.4 is 63.8 Å². The highest BCUT2D eigenvalue weighted by atomic mass is 33.1. The van der Waals surface area contributed by atoms with E-state index in [4.69, 9.17) is 9.47 Å². The Labute approximate surface area is 691 Å². The van der Waals surface area contributed by atoms with E-state index in [1.165, 1.54) is 105 Å². The van der Waals surface area contributed by atoms with Crippen LogP contribution in [0.3, 0.4) is 0 Å². The molecule has 12 amide bonds. The van der Waals surface area contributed by atoms with Crippen molar-refractivity contribution >= 4 is 122 Å². The zero-order valence-corrected chi connectivity index (χ0v) is 67.9. The van der Waals surface area contributed by atoms with E-state index in [2.05, 4.69) is 74.1 Å². The van der Waals surface area contributed by atoms with E-state index in [1.807, 2.05) is 6.92 Å². The number of phenols is 3. The summed E-state index contributed by atoms with van der Waals surface area (Å²) in [4.78, 5) is 211. The normalized spacial score (nSPS) is 18.6. The van der Waals surface area contributed by atoms with Crippen LogP contribution in [0.1, 0.15) is 87.7 Å². The van der Waals surface area contributed by atoms with Gasteiger partial charge in [-0.15, -0.1) is 5.10 Å². The molecule has 41 heteroatoms. The molecule has 0 spiro atoms. The van der Waals surface area contributed by atoms with Crippen molar-refractivity contribution < 1.29 is 112 Å². The van der Waals surface area contributed by atoms with Gasteiger partial charge in [0, 0.05) is 56.4 Å². The molecule has 11 atom stereocenters. The number of amides is 12. The third-order valence-electron chi connectivity index (χ3n) is 17.9. The van der Waals surface area contributed by atoms with Crippen LogP contribution >= 0.6 is 33.3 Å². The fraction of sp³-hybridized carbons (Fsp3) is 0.468. The number of carboxylic acid groups (broad SMARTS) is 3. The van der Waals surface area contributed by atoms with E-state index in [-0.39, 0.29) is 73.5 Å². The van der Waals surface area contributed by atoms with E-state index in [9.17, 15) is 97.8 Å². The van der Waals surface area contributed by atoms with E-state index in [1.54, 1.807) is 47.5 Å². The zero-order chi connectivity index (χ0) is 86.4. The van der Waals surface area contributed by atoms with Crippen molar-refractivity contribution in [3.05, 3.63) is 137 Å². The number of rotatable bonds is 39. The molecule has 640 valence electrons. The van der Waals surface area contributed by atoms with Gasteiger partial charge in [-0.3, -0.25) is 62.3 Å². The summed E-state index contributed by atoms with van der Waals surface area (Å²) in [6.45, 7) is 7.27. The smallest absolute Gasteiger partial charge is 0.336 e. The molecule has 6 rings (SSSR count). The lowest BCUT2D eigenvalue weighted by molar-refractivity contribution is -0.147. The monoisotopic (exact) mass is 1700 g/mol. The number of carbonyl (C=O) groups is 15. The Hall–Kier alpha value is -11.6. The molecule has 4 aromatic carbocycles. The van der Waals surface area contributed by atoms with Crippen molar-refractivity contribution in [2.24, 2.45) is 5.92 Å². The Bertz CT molecular complexity index is 4230. The summed E-state index contributed by atoms with van der Waals surface area (Å²) in [6.07, 6.45) is 1.99. The maximum atomic E-state index is 15.2. The van der Waals surface area contributed by atoms with Crippen LogP contribution in [0.2, 0.25) is 0 Å². The number of carboxylic acids is 3. The maximum absolute atomic E-state index is 15.2. The number of thioether (sulfide) groups is 1. The Morgan fingerprint density at radius 1 is 0.593 bits per heavy atom. The number of benzene rings is 4. The van der Waals surface area contributed by atoms with Crippen LogP contribution in [-0.4, -0.2) is 257 Å². The van der Waals surface area contributed by atoms with Crippen molar-refractivity contribution in [1.29, 1.82) is 0 Å². The van der Waals surface area contributed by atoms with Gasteiger partial charge in [0.1, 0.15) is 77.7 Å². The number of aryl methyl sites for hydroxylation is 1. The first-order valence-electron chi connectivity index (χ1n) is 37.7. The summed E-state index contributed by atoms with van der Waals surface area (Å²) in [5, 5.41) is 98.4. The highest BCUT2D eigenvalue weighted by Crippen LogP contribution is 2.25. The first-order valence-corrected chi connectivity index (χ1v) is 41.6. The summed E-state index contributed by atoms with van der Waals surface area (Å²) >= 11 is 1.21. The molecular formula is C77H101N15O23S3. The summed E-state index contributed by atoms with van der Waals surface area (Å²) < 4.78 is 12.6. The number of carbonyl (C=O) groups excluding carboxylic acids is 12. The largest absolute Gasteiger partial charge is 0.508 e. The number of hydrogen-bond acceptors (Lipinski definition) is 25. The summed E-state index contributed by atoms with van der Waals surface area (Å²) in [7, 11) is 1.44. The van der Waals surface area contributed by atoms with E-state index in [0.717, 1.165) is 17.2 Å². The lowest BCUT2D eigenvalue weighted by Crippen LogP contribution is -2.61. The molecule has 1 aromatic heterocycles. The fourth-order valence-corrected chi connectivity index (χ4v) is 14.3. The molecule has 1 aliphatic rings. The average Bonchev–Trinajstić information content (AvgIpc) is 0.930. The van der Waals surface area contributed by atoms with Gasteiger partial charge in [-0.1, -0.05) is 114 Å². The van der Waals surface area contributed by atoms with Crippen molar-refractivity contribution in [3.8, 4) is 17.2 Å². The molecule has 118 heavy (non-hydrogen) atoms. The van der Waals surface area contributed by atoms with Crippen LogP contribution in [0.5, 0.6) is 17.2 Å². The molecule has 0 aliphatic carbocycles. The Balaban J connectivity index is 1.38. The highest BCUT2D eigenvalue weighted by molar-refractivity contribution is 8.76. The standard InChI is InChI=1S/C77H101N15O23S3/c1-6-29-114-31-32-115-30-28-92-40-49(90-91-92)13-10-14-61(96)80-54(35-46-15-21-50(93)22-16-46)70(104)87-60-42-118-117-41-59(73(107)84-57(37-48-19-25-52(95)26-20-48)71(105)82-53(27-33-116-5)67(101)85-58(38-63(98)99)72(106)88-64(43(2)3)76(110)111)86-66(100)44(4)79-68(102)56(36-47-17-23-51(94)24-18-47)83-69(103)55(34-45-11-8-7-9-12-45)81-62(97)39-78-75(109)65(77(112)113)89-74(60)108/h7-9,11-12,15-26,40,43-44,53-60,64-65,93-95H,6,10,13-14,27-39,41-42H2,1-5H3,(H,78,109)(H,79,102)(H,80,96)(H,81,97)(H,82,105)(H,83,103)(H,84,107)(H,85,101)(H,86,100)(H,87,104)(H,88,106)(H,89,108)(H,98,99)(H,110,111)(H,112,113)/t44-,53-,54-,55+,56-,57-,58-,59-,60-,64-,65+/m1/s1. The number of phenolic OH excluding ortho intramolecular Hbond substituents is 3. The number of aromatic nitrogens is 3. The van der Waals surface area contributed by atoms with Crippen molar-refractivity contribution in [3.63, 3.8) is 0 Å². The van der Waals surface area contributed by atoms with Gasteiger partial charge in [-0.25, -0.2) is 14.3 Å². The SMILES string of the molecule is CCCOCCOCCn1cc(CCCC(=O)N[C@H](Cc2ccc(O)cc2)C(=O)N[C@@H]2CSSC[C@H](C(=O)N[C@H](Cc3ccc(O)cc3)C(=O)N[C@H](CCSC)C(=O)N[C@H](CC(=O)O)C(=O)N[C@@H](C(=O)O)C(C)C)NC(=O)[C@@H](C)NC(=O)[C@@H](Cc3ccc(O)cc3)NC(=O)[C@H](Cc3ccccc3)NC(=O)CNC(=O)[C@@H](C(=O)O)NC2=O)nn1. The fourth-order valence-electron chi connectivity index (χ4n) is 11.5.